The summed E-state index contributed by atoms with van der Waals surface area (Å²) < 4.78 is 10.9. The summed E-state index contributed by atoms with van der Waals surface area (Å²) in [6.07, 6.45) is 0.489. The lowest BCUT2D eigenvalue weighted by Crippen LogP contribution is -2.29. The SMILES string of the molecule is Cc1noc(C)c1COc1cccc(C(=O)N2CC[C@H](C(=O)O)C2)c1. The molecule has 25 heavy (non-hydrogen) atoms. The van der Waals surface area contributed by atoms with Crippen LogP contribution in [0.25, 0.3) is 0 Å². The number of ether oxygens (including phenoxy) is 1. The fraction of sp³-hybridized carbons (Fsp3) is 0.389. The molecule has 0 unspecified atom stereocenters. The van der Waals surface area contributed by atoms with Gasteiger partial charge in [0.05, 0.1) is 17.2 Å². The van der Waals surface area contributed by atoms with Crippen LogP contribution >= 0.6 is 0 Å². The molecule has 2 aromatic rings. The minimum absolute atomic E-state index is 0.175. The van der Waals surface area contributed by atoms with Crippen molar-refractivity contribution in [3.8, 4) is 5.75 Å². The molecule has 1 aliphatic heterocycles. The number of carbonyl (C=O) groups is 2. The van der Waals surface area contributed by atoms with Crippen molar-refractivity contribution in [2.45, 2.75) is 26.9 Å². The molecule has 1 N–H and O–H groups in total. The molecule has 1 aromatic heterocycles. The molecular formula is C18H20N2O5. The van der Waals surface area contributed by atoms with Crippen molar-refractivity contribution in [1.29, 1.82) is 0 Å². The third-order valence-electron chi connectivity index (χ3n) is 4.47. The zero-order valence-electron chi connectivity index (χ0n) is 14.2. The number of rotatable bonds is 5. The zero-order valence-corrected chi connectivity index (χ0v) is 14.2. The first-order valence-corrected chi connectivity index (χ1v) is 8.12. The summed E-state index contributed by atoms with van der Waals surface area (Å²) in [6, 6.07) is 6.91. The molecule has 0 saturated carbocycles. The van der Waals surface area contributed by atoms with Gasteiger partial charge in [-0.25, -0.2) is 0 Å². The van der Waals surface area contributed by atoms with Crippen molar-refractivity contribution < 1.29 is 24.0 Å². The van der Waals surface area contributed by atoms with Gasteiger partial charge in [-0.05, 0) is 38.5 Å². The Labute approximate surface area is 145 Å². The van der Waals surface area contributed by atoms with E-state index in [4.69, 9.17) is 14.4 Å². The molecule has 132 valence electrons. The van der Waals surface area contributed by atoms with Crippen LogP contribution in [0.1, 0.15) is 33.8 Å². The van der Waals surface area contributed by atoms with E-state index in [1.165, 1.54) is 0 Å². The third kappa shape index (κ3) is 3.65. The molecule has 0 aliphatic carbocycles. The van der Waals surface area contributed by atoms with Gasteiger partial charge in [0, 0.05) is 18.7 Å². The summed E-state index contributed by atoms with van der Waals surface area (Å²) >= 11 is 0. The van der Waals surface area contributed by atoms with Crippen molar-refractivity contribution in [1.82, 2.24) is 10.1 Å². The molecule has 2 heterocycles. The Balaban J connectivity index is 1.67. The molecule has 0 spiro atoms. The lowest BCUT2D eigenvalue weighted by molar-refractivity contribution is -0.141. The first-order chi connectivity index (χ1) is 12.0. The van der Waals surface area contributed by atoms with Crippen molar-refractivity contribution >= 4 is 11.9 Å². The van der Waals surface area contributed by atoms with Gasteiger partial charge in [0.25, 0.3) is 5.91 Å². The Hall–Kier alpha value is -2.83. The van der Waals surface area contributed by atoms with Crippen LogP contribution in [0, 0.1) is 19.8 Å². The van der Waals surface area contributed by atoms with Crippen LogP contribution in [0.3, 0.4) is 0 Å². The quantitative estimate of drug-likeness (QED) is 0.895. The smallest absolute Gasteiger partial charge is 0.308 e. The molecule has 1 aromatic carbocycles. The highest BCUT2D eigenvalue weighted by Crippen LogP contribution is 2.22. The Kier molecular flexibility index (Phi) is 4.74. The number of nitrogens with zero attached hydrogens (tertiary/aromatic N) is 2. The second kappa shape index (κ2) is 6.96. The van der Waals surface area contributed by atoms with Crippen LogP contribution in [0.15, 0.2) is 28.8 Å². The molecule has 0 radical (unpaired) electrons. The lowest BCUT2D eigenvalue weighted by Gasteiger charge is -2.16. The van der Waals surface area contributed by atoms with Crippen LogP contribution in [0.4, 0.5) is 0 Å². The van der Waals surface area contributed by atoms with Gasteiger partial charge >= 0.3 is 5.97 Å². The topological polar surface area (TPSA) is 92.9 Å². The van der Waals surface area contributed by atoms with E-state index in [2.05, 4.69) is 5.16 Å². The predicted octanol–water partition coefficient (Wildman–Crippen LogP) is 2.42. The fourth-order valence-electron chi connectivity index (χ4n) is 2.91. The van der Waals surface area contributed by atoms with Crippen LogP contribution in [0.5, 0.6) is 5.75 Å². The van der Waals surface area contributed by atoms with E-state index in [1.54, 1.807) is 29.2 Å². The molecule has 1 atom stereocenters. The maximum atomic E-state index is 12.6. The van der Waals surface area contributed by atoms with Gasteiger partial charge in [-0.3, -0.25) is 9.59 Å². The Morgan fingerprint density at radius 3 is 2.84 bits per heavy atom. The number of hydrogen-bond acceptors (Lipinski definition) is 5. The number of carboxylic acid groups (broad SMARTS) is 1. The standard InChI is InChI=1S/C18H20N2O5/c1-11-16(12(2)25-19-11)10-24-15-5-3-4-13(8-15)17(21)20-7-6-14(9-20)18(22)23/h3-5,8,14H,6-7,9-10H2,1-2H3,(H,22,23)/t14-/m0/s1. The van der Waals surface area contributed by atoms with E-state index in [-0.39, 0.29) is 12.5 Å². The van der Waals surface area contributed by atoms with Crippen molar-refractivity contribution in [3.63, 3.8) is 0 Å². The van der Waals surface area contributed by atoms with E-state index >= 15 is 0 Å². The van der Waals surface area contributed by atoms with Crippen LogP contribution in [-0.4, -0.2) is 40.1 Å². The van der Waals surface area contributed by atoms with E-state index in [0.29, 0.717) is 36.6 Å². The van der Waals surface area contributed by atoms with Crippen LogP contribution in [-0.2, 0) is 11.4 Å². The van der Waals surface area contributed by atoms with Crippen molar-refractivity contribution in [3.05, 3.63) is 46.8 Å². The average molecular weight is 344 g/mol. The zero-order chi connectivity index (χ0) is 18.0. The molecular weight excluding hydrogens is 324 g/mol. The highest BCUT2D eigenvalue weighted by molar-refractivity contribution is 5.95. The van der Waals surface area contributed by atoms with Crippen molar-refractivity contribution in [2.75, 3.05) is 13.1 Å². The number of aryl methyl sites for hydroxylation is 2. The van der Waals surface area contributed by atoms with Crippen molar-refractivity contribution in [2.24, 2.45) is 5.92 Å². The molecule has 0 bridgehead atoms. The Morgan fingerprint density at radius 2 is 2.20 bits per heavy atom. The summed E-state index contributed by atoms with van der Waals surface area (Å²) in [6.45, 7) is 4.69. The van der Waals surface area contributed by atoms with E-state index in [9.17, 15) is 9.59 Å². The molecule has 1 amide bonds. The number of carbonyl (C=O) groups excluding carboxylic acids is 1. The molecule has 1 fully saturated rings. The minimum Gasteiger partial charge on any atom is -0.489 e. The summed E-state index contributed by atoms with van der Waals surface area (Å²) in [5, 5.41) is 12.9. The number of aromatic nitrogens is 1. The maximum absolute atomic E-state index is 12.6. The number of benzene rings is 1. The fourth-order valence-corrected chi connectivity index (χ4v) is 2.91. The summed E-state index contributed by atoms with van der Waals surface area (Å²) in [5.41, 5.74) is 2.16. The summed E-state index contributed by atoms with van der Waals surface area (Å²) in [4.78, 5) is 25.2. The first-order valence-electron chi connectivity index (χ1n) is 8.12. The largest absolute Gasteiger partial charge is 0.489 e. The third-order valence-corrected chi connectivity index (χ3v) is 4.47. The van der Waals surface area contributed by atoms with Crippen LogP contribution < -0.4 is 4.74 Å². The van der Waals surface area contributed by atoms with Gasteiger partial charge in [0.15, 0.2) is 0 Å². The monoisotopic (exact) mass is 344 g/mol. The minimum atomic E-state index is -0.855. The number of likely N-dealkylation sites (tertiary alicyclic amines) is 1. The van der Waals surface area contributed by atoms with E-state index < -0.39 is 11.9 Å². The van der Waals surface area contributed by atoms with Crippen LogP contribution in [0.2, 0.25) is 0 Å². The van der Waals surface area contributed by atoms with E-state index in [1.807, 2.05) is 13.8 Å². The second-order valence-electron chi connectivity index (χ2n) is 6.19. The van der Waals surface area contributed by atoms with Gasteiger partial charge in [-0.2, -0.15) is 0 Å². The molecule has 1 aliphatic rings. The first kappa shape index (κ1) is 17.0. The van der Waals surface area contributed by atoms with Gasteiger partial charge in [-0.15, -0.1) is 0 Å². The van der Waals surface area contributed by atoms with Gasteiger partial charge in [0.2, 0.25) is 0 Å². The summed E-state index contributed by atoms with van der Waals surface area (Å²) in [5.74, 6) is -0.234. The highest BCUT2D eigenvalue weighted by Gasteiger charge is 2.31. The second-order valence-corrected chi connectivity index (χ2v) is 6.19. The number of hydrogen-bond donors (Lipinski definition) is 1. The molecule has 7 heteroatoms. The number of amides is 1. The molecule has 1 saturated heterocycles. The predicted molar refractivity (Wildman–Crippen MR) is 88.4 cm³/mol. The highest BCUT2D eigenvalue weighted by atomic mass is 16.5. The maximum Gasteiger partial charge on any atom is 0.308 e. The average Bonchev–Trinajstić information content (AvgIpc) is 3.21. The van der Waals surface area contributed by atoms with Gasteiger partial charge in [-0.1, -0.05) is 11.2 Å². The molecule has 3 rings (SSSR count). The van der Waals surface area contributed by atoms with Gasteiger partial charge in [0.1, 0.15) is 18.1 Å². The van der Waals surface area contributed by atoms with Gasteiger partial charge < -0.3 is 19.3 Å². The lowest BCUT2D eigenvalue weighted by atomic mass is 10.1. The summed E-state index contributed by atoms with van der Waals surface area (Å²) in [7, 11) is 0. The molecule has 7 nitrogen and oxygen atoms in total. The number of carboxylic acids is 1. The Morgan fingerprint density at radius 1 is 1.40 bits per heavy atom. The number of aliphatic carboxylic acids is 1. The van der Waals surface area contributed by atoms with E-state index in [0.717, 1.165) is 11.3 Å². The Bertz CT molecular complexity index is 779. The normalized spacial score (nSPS) is 16.9.